The number of rotatable bonds is 10. The number of halogens is 3. The number of carbonyl (C=O) groups is 4. The first-order chi connectivity index (χ1) is 28.7. The molecule has 2 aliphatic carbocycles. The Labute approximate surface area is 354 Å². The van der Waals surface area contributed by atoms with Crippen molar-refractivity contribution in [3.8, 4) is 11.6 Å². The van der Waals surface area contributed by atoms with Crippen LogP contribution in [0, 0.1) is 17.8 Å². The maximum Gasteiger partial charge on any atom is 0.408 e. The van der Waals surface area contributed by atoms with Crippen LogP contribution in [0.4, 0.5) is 18.0 Å². The average Bonchev–Trinajstić information content (AvgIpc) is 4.11. The molecule has 18 heteroatoms. The van der Waals surface area contributed by atoms with Crippen molar-refractivity contribution in [2.24, 2.45) is 17.8 Å². The number of alkyl carbamates (subject to hydrolysis) is 1. The lowest BCUT2D eigenvalue weighted by molar-refractivity contribution is -0.152. The monoisotopic (exact) mass is 875 g/mol. The molecule has 61 heavy (non-hydrogen) atoms. The molecule has 1 aromatic carbocycles. The fraction of sp³-hybridized carbons (Fsp3) is 0.651. The highest BCUT2D eigenvalue weighted by Gasteiger charge is 2.64. The molecule has 0 bridgehead atoms. The number of sulfonamides is 1. The quantitative estimate of drug-likeness (QED) is 0.252. The van der Waals surface area contributed by atoms with E-state index in [4.69, 9.17) is 19.2 Å². The first-order valence-electron chi connectivity index (χ1n) is 21.2. The van der Waals surface area contributed by atoms with Crippen LogP contribution in [0.15, 0.2) is 36.4 Å². The number of nitrogens with zero attached hydrogens (tertiary/aromatic N) is 2. The lowest BCUT2D eigenvalue weighted by Crippen LogP contribution is -2.60. The van der Waals surface area contributed by atoms with Crippen LogP contribution in [0.25, 0.3) is 10.8 Å². The number of aromatic nitrogens is 1. The topological polar surface area (TPSA) is 182 Å². The van der Waals surface area contributed by atoms with E-state index in [9.17, 15) is 36.0 Å². The van der Waals surface area contributed by atoms with E-state index in [2.05, 4.69) is 15.4 Å². The lowest BCUT2D eigenvalue weighted by atomic mass is 9.85. The number of hydrogen-bond acceptors (Lipinski definition) is 10. The molecule has 3 fully saturated rings. The number of ether oxygens (including phenoxy) is 3. The Balaban J connectivity index is 1.25. The summed E-state index contributed by atoms with van der Waals surface area (Å²) in [4.78, 5) is 63.3. The largest absolute Gasteiger partial charge is 0.491 e. The van der Waals surface area contributed by atoms with Crippen molar-refractivity contribution in [3.05, 3.63) is 42.1 Å². The standard InChI is InChI=1S/C43H56F3N5O9S/c1-6-26-20-25(2)12-7-8-13-27-22-43(27,38(54)50-61(56,57)42(24-44)17-18-42)49-35(52)32-21-28(23-51(32)37(53)33(26)48-39(55)60-40(3,4)41(5,45)46)59-36-30-15-10-9-14-29(30)34-31(47-36)16-11-19-58-34/h8-10,13-15,25-28,32-33H,6-7,11-12,16-24H2,1-5H3,(H,48,55)(H,49,52)(H,50,54)/b13-8-/t25-,26+,27?,28+,32-,33?,43+/m0/s1. The van der Waals surface area contributed by atoms with E-state index in [1.165, 1.54) is 4.90 Å². The molecule has 2 saturated carbocycles. The summed E-state index contributed by atoms with van der Waals surface area (Å²) >= 11 is 0. The van der Waals surface area contributed by atoms with Gasteiger partial charge in [0.15, 0.2) is 5.60 Å². The van der Waals surface area contributed by atoms with Crippen LogP contribution < -0.4 is 24.8 Å². The van der Waals surface area contributed by atoms with Gasteiger partial charge in [-0.2, -0.15) is 0 Å². The molecular weight excluding hydrogens is 820 g/mol. The first-order valence-corrected chi connectivity index (χ1v) is 22.7. The number of fused-ring (bicyclic) bond motifs is 5. The van der Waals surface area contributed by atoms with Gasteiger partial charge in [0.05, 0.1) is 18.8 Å². The molecule has 3 aliphatic heterocycles. The van der Waals surface area contributed by atoms with Gasteiger partial charge in [0, 0.05) is 30.0 Å². The molecule has 2 unspecified atom stereocenters. The lowest BCUT2D eigenvalue weighted by Gasteiger charge is -2.35. The van der Waals surface area contributed by atoms with E-state index in [0.29, 0.717) is 62.5 Å². The Morgan fingerprint density at radius 2 is 1.84 bits per heavy atom. The van der Waals surface area contributed by atoms with Crippen LogP contribution in [-0.4, -0.2) is 102 Å². The Kier molecular flexibility index (Phi) is 12.1. The number of allylic oxidation sites excluding steroid dienone is 1. The van der Waals surface area contributed by atoms with Gasteiger partial charge < -0.3 is 29.7 Å². The predicted octanol–water partition coefficient (Wildman–Crippen LogP) is 5.66. The zero-order valence-corrected chi connectivity index (χ0v) is 36.0. The highest BCUT2D eigenvalue weighted by molar-refractivity contribution is 7.91. The summed E-state index contributed by atoms with van der Waals surface area (Å²) in [6.45, 7) is 5.78. The zero-order valence-electron chi connectivity index (χ0n) is 35.2. The Hall–Kier alpha value is -4.61. The number of benzene rings is 1. The van der Waals surface area contributed by atoms with Crippen LogP contribution in [0.5, 0.6) is 11.6 Å². The molecule has 4 amide bonds. The maximum absolute atomic E-state index is 15.1. The Morgan fingerprint density at radius 1 is 1.11 bits per heavy atom. The molecule has 7 atom stereocenters. The van der Waals surface area contributed by atoms with Crippen LogP contribution in [-0.2, 0) is 35.6 Å². The summed E-state index contributed by atoms with van der Waals surface area (Å²) in [5.41, 5.74) is -3.27. The van der Waals surface area contributed by atoms with Crippen molar-refractivity contribution in [2.45, 2.75) is 139 Å². The van der Waals surface area contributed by atoms with Gasteiger partial charge in [-0.3, -0.25) is 19.1 Å². The second-order valence-corrected chi connectivity index (χ2v) is 20.2. The summed E-state index contributed by atoms with van der Waals surface area (Å²) in [5, 5.41) is 6.82. The van der Waals surface area contributed by atoms with Gasteiger partial charge in [0.25, 0.3) is 11.8 Å². The summed E-state index contributed by atoms with van der Waals surface area (Å²) < 4.78 is 87.6. The third-order valence-electron chi connectivity index (χ3n) is 13.3. The second-order valence-electron chi connectivity index (χ2n) is 18.1. The SMILES string of the molecule is CC[C@@H]1C[C@@H](C)CC/C=C\C2C[C@@]2(C(=O)NS(=O)(=O)C2(CF)CC2)NC(=O)[C@@H]2C[C@@H](Oc3nc4c(c5ccccc35)OCCC4)CN2C(=O)C1NC(=O)OC(C)(C)C(C)(F)F. The third kappa shape index (κ3) is 8.74. The maximum atomic E-state index is 15.1. The van der Waals surface area contributed by atoms with Crippen molar-refractivity contribution in [1.82, 2.24) is 25.2 Å². The van der Waals surface area contributed by atoms with Gasteiger partial charge in [-0.1, -0.05) is 50.6 Å². The van der Waals surface area contributed by atoms with Crippen molar-refractivity contribution >= 4 is 44.6 Å². The minimum absolute atomic E-state index is 0.00495. The van der Waals surface area contributed by atoms with Gasteiger partial charge in [-0.25, -0.2) is 31.4 Å². The molecule has 1 saturated heterocycles. The molecule has 1 aromatic heterocycles. The van der Waals surface area contributed by atoms with E-state index in [1.54, 1.807) is 6.08 Å². The van der Waals surface area contributed by atoms with Crippen molar-refractivity contribution in [1.29, 1.82) is 0 Å². The van der Waals surface area contributed by atoms with Crippen LogP contribution >= 0.6 is 0 Å². The third-order valence-corrected chi connectivity index (χ3v) is 15.4. The number of aryl methyl sites for hydroxylation is 1. The molecule has 7 rings (SSSR count). The van der Waals surface area contributed by atoms with Crippen LogP contribution in [0.2, 0.25) is 0 Å². The van der Waals surface area contributed by atoms with Crippen molar-refractivity contribution < 1.29 is 55.0 Å². The molecule has 334 valence electrons. The fourth-order valence-electron chi connectivity index (χ4n) is 8.70. The van der Waals surface area contributed by atoms with E-state index in [0.717, 1.165) is 25.7 Å². The number of hydrogen-bond donors (Lipinski definition) is 3. The number of carbonyl (C=O) groups excluding carboxylic acids is 4. The Bertz CT molecular complexity index is 2200. The van der Waals surface area contributed by atoms with Gasteiger partial charge in [0.2, 0.25) is 27.7 Å². The number of nitrogens with one attached hydrogen (secondary N) is 3. The van der Waals surface area contributed by atoms with Crippen molar-refractivity contribution in [2.75, 3.05) is 19.8 Å². The van der Waals surface area contributed by atoms with E-state index in [1.807, 2.05) is 44.2 Å². The highest BCUT2D eigenvalue weighted by atomic mass is 32.2. The number of pyridine rings is 1. The Morgan fingerprint density at radius 3 is 2.51 bits per heavy atom. The number of amides is 4. The molecule has 5 aliphatic rings. The molecule has 4 heterocycles. The van der Waals surface area contributed by atoms with Crippen LogP contribution in [0.3, 0.4) is 0 Å². The summed E-state index contributed by atoms with van der Waals surface area (Å²) in [6.07, 6.45) is 4.99. The van der Waals surface area contributed by atoms with Gasteiger partial charge in [-0.15, -0.1) is 0 Å². The molecule has 0 radical (unpaired) electrons. The van der Waals surface area contributed by atoms with E-state index in [-0.39, 0.29) is 44.0 Å². The van der Waals surface area contributed by atoms with Gasteiger partial charge in [-0.05, 0) is 83.1 Å². The highest BCUT2D eigenvalue weighted by Crippen LogP contribution is 2.48. The zero-order chi connectivity index (χ0) is 44.1. The summed E-state index contributed by atoms with van der Waals surface area (Å²) in [7, 11) is -4.44. The van der Waals surface area contributed by atoms with Gasteiger partial charge >= 0.3 is 6.09 Å². The minimum Gasteiger partial charge on any atom is -0.491 e. The van der Waals surface area contributed by atoms with Crippen LogP contribution in [0.1, 0.15) is 98.1 Å². The van der Waals surface area contributed by atoms with Gasteiger partial charge in [0.1, 0.15) is 40.9 Å². The number of alkyl halides is 3. The average molecular weight is 876 g/mol. The normalized spacial score (nSPS) is 29.6. The molecule has 3 N–H and O–H groups in total. The van der Waals surface area contributed by atoms with E-state index < -0.39 is 92.3 Å². The molecule has 0 spiro atoms. The molecular formula is C43H56F3N5O9S. The summed E-state index contributed by atoms with van der Waals surface area (Å²) in [6, 6.07) is 4.77. The minimum atomic E-state index is -4.44. The summed E-state index contributed by atoms with van der Waals surface area (Å²) in [5.74, 6) is -6.13. The first kappa shape index (κ1) is 44.4. The van der Waals surface area contributed by atoms with E-state index >= 15 is 4.79 Å². The fourth-order valence-corrected chi connectivity index (χ4v) is 10.1. The predicted molar refractivity (Wildman–Crippen MR) is 218 cm³/mol. The molecule has 2 aromatic rings. The van der Waals surface area contributed by atoms with Crippen molar-refractivity contribution in [3.63, 3.8) is 0 Å². The molecule has 14 nitrogen and oxygen atoms in total. The smallest absolute Gasteiger partial charge is 0.408 e. The second kappa shape index (κ2) is 16.6.